The number of para-hydroxylation sites is 1. The van der Waals surface area contributed by atoms with Gasteiger partial charge < -0.3 is 9.67 Å². The van der Waals surface area contributed by atoms with Crippen LogP contribution in [0.4, 0.5) is 0 Å². The molecule has 5 aromatic rings. The number of carboxylic acids is 1. The van der Waals surface area contributed by atoms with Crippen molar-refractivity contribution in [3.63, 3.8) is 0 Å². The summed E-state index contributed by atoms with van der Waals surface area (Å²) in [5.74, 6) is -0.978. The van der Waals surface area contributed by atoms with E-state index in [4.69, 9.17) is 0 Å². The van der Waals surface area contributed by atoms with Crippen LogP contribution in [-0.2, 0) is 21.8 Å². The highest BCUT2D eigenvalue weighted by molar-refractivity contribution is 7.90. The topological polar surface area (TPSA) is 76.4 Å². The van der Waals surface area contributed by atoms with Gasteiger partial charge in [0.05, 0.1) is 4.90 Å². The number of benzene rings is 4. The van der Waals surface area contributed by atoms with Crippen LogP contribution in [0.1, 0.15) is 42.4 Å². The molecule has 0 fully saturated rings. The molecular weight excluding hydrogens is 506 g/mol. The Hall–Kier alpha value is -4.16. The molecule has 4 aromatic carbocycles. The number of aromatic nitrogens is 1. The Balaban J connectivity index is 1.60. The first kappa shape index (κ1) is 26.4. The molecule has 39 heavy (non-hydrogen) atoms. The molecule has 0 amide bonds. The molecule has 5 nitrogen and oxygen atoms in total. The Morgan fingerprint density at radius 1 is 0.795 bits per heavy atom. The van der Waals surface area contributed by atoms with Gasteiger partial charge in [-0.1, -0.05) is 93.6 Å². The summed E-state index contributed by atoms with van der Waals surface area (Å²) in [7, 11) is -3.27. The molecule has 0 aliphatic rings. The molecule has 5 rings (SSSR count). The van der Waals surface area contributed by atoms with Gasteiger partial charge in [-0.3, -0.25) is 0 Å². The number of sulfone groups is 1. The number of carbonyl (C=O) groups is 1. The first-order valence-electron chi connectivity index (χ1n) is 12.8. The van der Waals surface area contributed by atoms with Gasteiger partial charge in [-0.15, -0.1) is 0 Å². The van der Waals surface area contributed by atoms with Gasteiger partial charge in [0.2, 0.25) is 0 Å². The maximum atomic E-state index is 12.7. The average molecular weight is 538 g/mol. The van der Waals surface area contributed by atoms with Crippen molar-refractivity contribution < 1.29 is 18.3 Å². The van der Waals surface area contributed by atoms with Gasteiger partial charge >= 0.3 is 5.97 Å². The van der Waals surface area contributed by atoms with Crippen LogP contribution >= 0.6 is 0 Å². The van der Waals surface area contributed by atoms with E-state index >= 15 is 0 Å². The van der Waals surface area contributed by atoms with Crippen LogP contribution in [0.15, 0.2) is 102 Å². The van der Waals surface area contributed by atoms with Crippen LogP contribution in [0.5, 0.6) is 0 Å². The van der Waals surface area contributed by atoms with E-state index in [1.807, 2.05) is 65.2 Å². The lowest BCUT2D eigenvalue weighted by Crippen LogP contribution is -2.11. The second-order valence-electron chi connectivity index (χ2n) is 11.0. The SMILES string of the molecule is CC(C)(C)c1ccc(-c2c(C(=O)O)n(Cc3cccc(-c4ccc(S(C)(=O)=O)cc4)c3)c3ccccc23)cc1. The largest absolute Gasteiger partial charge is 0.477 e. The van der Waals surface area contributed by atoms with E-state index in [1.54, 1.807) is 24.3 Å². The molecule has 1 N–H and O–H groups in total. The summed E-state index contributed by atoms with van der Waals surface area (Å²) in [4.78, 5) is 13.0. The van der Waals surface area contributed by atoms with Crippen LogP contribution in [0, 0.1) is 0 Å². The van der Waals surface area contributed by atoms with E-state index in [0.717, 1.165) is 33.2 Å². The molecule has 1 aromatic heterocycles. The van der Waals surface area contributed by atoms with Gasteiger partial charge in [-0.05, 0) is 57.5 Å². The lowest BCUT2D eigenvalue weighted by atomic mass is 9.86. The monoisotopic (exact) mass is 537 g/mol. The summed E-state index contributed by atoms with van der Waals surface area (Å²) in [6, 6.07) is 30.7. The number of rotatable bonds is 6. The number of hydrogen-bond donors (Lipinski definition) is 1. The Morgan fingerprint density at radius 2 is 1.44 bits per heavy atom. The minimum absolute atomic E-state index is 0.00169. The number of hydrogen-bond acceptors (Lipinski definition) is 3. The molecule has 198 valence electrons. The maximum Gasteiger partial charge on any atom is 0.353 e. The minimum atomic E-state index is -3.27. The molecule has 0 unspecified atom stereocenters. The third kappa shape index (κ3) is 5.25. The first-order valence-corrected chi connectivity index (χ1v) is 14.7. The van der Waals surface area contributed by atoms with Crippen LogP contribution < -0.4 is 0 Å². The predicted molar refractivity (Wildman–Crippen MR) is 157 cm³/mol. The molecule has 0 radical (unpaired) electrons. The normalized spacial score (nSPS) is 12.1. The third-order valence-electron chi connectivity index (χ3n) is 7.10. The van der Waals surface area contributed by atoms with Crippen molar-refractivity contribution in [1.82, 2.24) is 4.57 Å². The number of carboxylic acid groups (broad SMARTS) is 1. The summed E-state index contributed by atoms with van der Waals surface area (Å²) >= 11 is 0. The lowest BCUT2D eigenvalue weighted by Gasteiger charge is -2.19. The van der Waals surface area contributed by atoms with E-state index in [2.05, 4.69) is 32.9 Å². The Morgan fingerprint density at radius 3 is 2.05 bits per heavy atom. The molecule has 0 aliphatic carbocycles. The highest BCUT2D eigenvalue weighted by atomic mass is 32.2. The van der Waals surface area contributed by atoms with Crippen molar-refractivity contribution >= 4 is 26.7 Å². The van der Waals surface area contributed by atoms with E-state index in [0.29, 0.717) is 12.1 Å². The standard InChI is InChI=1S/C33H31NO4S/c1-33(2,3)26-16-12-24(13-17-26)30-28-10-5-6-11-29(28)34(31(30)32(35)36)21-22-8-7-9-25(20-22)23-14-18-27(19-15-23)39(4,37)38/h5-20H,21H2,1-4H3,(H,35,36). The molecule has 0 atom stereocenters. The van der Waals surface area contributed by atoms with Crippen molar-refractivity contribution in [3.8, 4) is 22.3 Å². The van der Waals surface area contributed by atoms with Crippen molar-refractivity contribution in [2.45, 2.75) is 37.6 Å². The molecule has 6 heteroatoms. The highest BCUT2D eigenvalue weighted by Gasteiger charge is 2.24. The second-order valence-corrected chi connectivity index (χ2v) is 13.0. The molecule has 0 bridgehead atoms. The van der Waals surface area contributed by atoms with E-state index in [1.165, 1.54) is 11.8 Å². The fourth-order valence-electron chi connectivity index (χ4n) is 5.05. The first-order chi connectivity index (χ1) is 18.4. The summed E-state index contributed by atoms with van der Waals surface area (Å²) in [6.45, 7) is 6.84. The quantitative estimate of drug-likeness (QED) is 0.244. The zero-order valence-corrected chi connectivity index (χ0v) is 23.3. The van der Waals surface area contributed by atoms with E-state index in [9.17, 15) is 18.3 Å². The fourth-order valence-corrected chi connectivity index (χ4v) is 5.68. The Kier molecular flexibility index (Phi) is 6.69. The van der Waals surface area contributed by atoms with Gasteiger partial charge in [0.25, 0.3) is 0 Å². The summed E-state index contributed by atoms with van der Waals surface area (Å²) in [5, 5.41) is 11.3. The molecular formula is C33H31NO4S. The van der Waals surface area contributed by atoms with Crippen LogP contribution in [0.25, 0.3) is 33.2 Å². The molecule has 0 aliphatic heterocycles. The number of fused-ring (bicyclic) bond motifs is 1. The van der Waals surface area contributed by atoms with Gasteiger partial charge in [-0.2, -0.15) is 0 Å². The van der Waals surface area contributed by atoms with Gasteiger partial charge in [0, 0.05) is 29.3 Å². The molecule has 1 heterocycles. The Bertz CT molecular complexity index is 1790. The number of nitrogens with zero attached hydrogens (tertiary/aromatic N) is 1. The maximum absolute atomic E-state index is 12.7. The summed E-state index contributed by atoms with van der Waals surface area (Å²) < 4.78 is 25.6. The highest BCUT2D eigenvalue weighted by Crippen LogP contribution is 2.37. The van der Waals surface area contributed by atoms with Gasteiger partial charge in [0.15, 0.2) is 9.84 Å². The Labute approximate surface area is 229 Å². The van der Waals surface area contributed by atoms with Crippen molar-refractivity contribution in [1.29, 1.82) is 0 Å². The molecule has 0 saturated heterocycles. The zero-order valence-electron chi connectivity index (χ0n) is 22.5. The van der Waals surface area contributed by atoms with Gasteiger partial charge in [-0.25, -0.2) is 13.2 Å². The average Bonchev–Trinajstić information content (AvgIpc) is 3.22. The van der Waals surface area contributed by atoms with E-state index in [-0.39, 0.29) is 16.0 Å². The smallest absolute Gasteiger partial charge is 0.353 e. The lowest BCUT2D eigenvalue weighted by molar-refractivity contribution is 0.0687. The number of aromatic carboxylic acids is 1. The van der Waals surface area contributed by atoms with Crippen LogP contribution in [0.2, 0.25) is 0 Å². The minimum Gasteiger partial charge on any atom is -0.477 e. The summed E-state index contributed by atoms with van der Waals surface area (Å²) in [5.41, 5.74) is 6.64. The fraction of sp³-hybridized carbons (Fsp3) is 0.182. The zero-order chi connectivity index (χ0) is 27.9. The van der Waals surface area contributed by atoms with Crippen LogP contribution in [-0.4, -0.2) is 30.3 Å². The van der Waals surface area contributed by atoms with Crippen LogP contribution in [0.3, 0.4) is 0 Å². The van der Waals surface area contributed by atoms with Crippen molar-refractivity contribution in [2.24, 2.45) is 0 Å². The summed E-state index contributed by atoms with van der Waals surface area (Å²) in [6.07, 6.45) is 1.19. The van der Waals surface area contributed by atoms with E-state index < -0.39 is 15.8 Å². The molecule has 0 saturated carbocycles. The third-order valence-corrected chi connectivity index (χ3v) is 8.23. The molecule has 0 spiro atoms. The predicted octanol–water partition coefficient (Wildman–Crippen LogP) is 7.42. The van der Waals surface area contributed by atoms with Gasteiger partial charge in [0.1, 0.15) is 5.69 Å². The van der Waals surface area contributed by atoms with Crippen molar-refractivity contribution in [3.05, 3.63) is 114 Å². The van der Waals surface area contributed by atoms with Crippen molar-refractivity contribution in [2.75, 3.05) is 6.26 Å². The second kappa shape index (κ2) is 9.86.